The molecule has 0 unspecified atom stereocenters. The second kappa shape index (κ2) is 11.7. The lowest BCUT2D eigenvalue weighted by molar-refractivity contribution is -0.119. The van der Waals surface area contributed by atoms with Crippen LogP contribution in [0.4, 0.5) is 17.1 Å². The van der Waals surface area contributed by atoms with Crippen LogP contribution in [0.3, 0.4) is 0 Å². The standard InChI is InChI=1S/C22H29N3O4/c1-4-28-13-14-29-20-11-9-18(10-12-20)24-21(26)15-23-17-5-7-19(8-6-17)25-22(27)16(2)3/h5-12,16,23H,4,13-15H2,1-3H3,(H,24,26)(H,25,27). The number of ether oxygens (including phenoxy) is 2. The Hall–Kier alpha value is -3.06. The predicted molar refractivity (Wildman–Crippen MR) is 115 cm³/mol. The number of amides is 2. The van der Waals surface area contributed by atoms with E-state index in [-0.39, 0.29) is 24.3 Å². The highest BCUT2D eigenvalue weighted by atomic mass is 16.5. The molecule has 0 saturated heterocycles. The molecule has 0 saturated carbocycles. The number of carbonyl (C=O) groups excluding carboxylic acids is 2. The quantitative estimate of drug-likeness (QED) is 0.501. The fourth-order valence-corrected chi connectivity index (χ4v) is 2.34. The van der Waals surface area contributed by atoms with Crippen molar-refractivity contribution in [1.82, 2.24) is 0 Å². The highest BCUT2D eigenvalue weighted by Crippen LogP contribution is 2.16. The third-order valence-corrected chi connectivity index (χ3v) is 3.97. The van der Waals surface area contributed by atoms with Crippen LogP contribution in [0.15, 0.2) is 48.5 Å². The van der Waals surface area contributed by atoms with Crippen molar-refractivity contribution < 1.29 is 19.1 Å². The number of anilines is 3. The average Bonchev–Trinajstić information content (AvgIpc) is 2.72. The van der Waals surface area contributed by atoms with Crippen molar-refractivity contribution in [3.05, 3.63) is 48.5 Å². The lowest BCUT2D eigenvalue weighted by Crippen LogP contribution is -2.21. The first kappa shape index (κ1) is 22.2. The Bertz CT molecular complexity index is 774. The van der Waals surface area contributed by atoms with Gasteiger partial charge < -0.3 is 25.4 Å². The largest absolute Gasteiger partial charge is 0.491 e. The lowest BCUT2D eigenvalue weighted by atomic mass is 10.2. The second-order valence-corrected chi connectivity index (χ2v) is 6.69. The summed E-state index contributed by atoms with van der Waals surface area (Å²) in [4.78, 5) is 23.8. The highest BCUT2D eigenvalue weighted by molar-refractivity contribution is 5.94. The van der Waals surface area contributed by atoms with Crippen LogP contribution in [0, 0.1) is 5.92 Å². The van der Waals surface area contributed by atoms with E-state index in [1.807, 2.05) is 32.9 Å². The van der Waals surface area contributed by atoms with Gasteiger partial charge in [0.05, 0.1) is 13.2 Å². The van der Waals surface area contributed by atoms with Gasteiger partial charge in [0.2, 0.25) is 11.8 Å². The van der Waals surface area contributed by atoms with Crippen LogP contribution in [0.1, 0.15) is 20.8 Å². The summed E-state index contributed by atoms with van der Waals surface area (Å²) in [6.45, 7) is 7.45. The zero-order chi connectivity index (χ0) is 21.1. The van der Waals surface area contributed by atoms with E-state index in [1.165, 1.54) is 0 Å². The summed E-state index contributed by atoms with van der Waals surface area (Å²) in [5.41, 5.74) is 2.21. The fraction of sp³-hybridized carbons (Fsp3) is 0.364. The van der Waals surface area contributed by atoms with Crippen molar-refractivity contribution in [1.29, 1.82) is 0 Å². The maximum atomic E-state index is 12.1. The SMILES string of the molecule is CCOCCOc1ccc(NC(=O)CNc2ccc(NC(=O)C(C)C)cc2)cc1. The molecule has 0 aliphatic rings. The van der Waals surface area contributed by atoms with E-state index in [2.05, 4.69) is 16.0 Å². The number of carbonyl (C=O) groups is 2. The molecule has 0 heterocycles. The topological polar surface area (TPSA) is 88.7 Å². The summed E-state index contributed by atoms with van der Waals surface area (Å²) in [5.74, 6) is 0.459. The van der Waals surface area contributed by atoms with Crippen LogP contribution >= 0.6 is 0 Å². The van der Waals surface area contributed by atoms with Crippen molar-refractivity contribution in [2.24, 2.45) is 5.92 Å². The van der Waals surface area contributed by atoms with Gasteiger partial charge in [-0.25, -0.2) is 0 Å². The monoisotopic (exact) mass is 399 g/mol. The molecule has 2 aromatic rings. The Labute approximate surface area is 171 Å². The van der Waals surface area contributed by atoms with Gasteiger partial charge in [-0.05, 0) is 55.5 Å². The summed E-state index contributed by atoms with van der Waals surface area (Å²) in [6, 6.07) is 14.4. The molecule has 0 fully saturated rings. The number of rotatable bonds is 11. The Morgan fingerprint density at radius 3 is 2.07 bits per heavy atom. The van der Waals surface area contributed by atoms with E-state index in [9.17, 15) is 9.59 Å². The van der Waals surface area contributed by atoms with Crippen LogP contribution in [-0.2, 0) is 14.3 Å². The molecule has 29 heavy (non-hydrogen) atoms. The van der Waals surface area contributed by atoms with Gasteiger partial charge in [0.25, 0.3) is 0 Å². The van der Waals surface area contributed by atoms with Crippen LogP contribution in [0.2, 0.25) is 0 Å². The van der Waals surface area contributed by atoms with E-state index in [0.717, 1.165) is 17.1 Å². The molecule has 0 aliphatic heterocycles. The van der Waals surface area contributed by atoms with Crippen molar-refractivity contribution in [2.45, 2.75) is 20.8 Å². The summed E-state index contributed by atoms with van der Waals surface area (Å²) in [5, 5.41) is 8.71. The number of nitrogens with one attached hydrogen (secondary N) is 3. The van der Waals surface area contributed by atoms with Crippen LogP contribution in [0.5, 0.6) is 5.75 Å². The zero-order valence-corrected chi connectivity index (χ0v) is 17.2. The van der Waals surface area contributed by atoms with Gasteiger partial charge in [-0.2, -0.15) is 0 Å². The zero-order valence-electron chi connectivity index (χ0n) is 17.2. The van der Waals surface area contributed by atoms with E-state index in [4.69, 9.17) is 9.47 Å². The molecule has 0 bridgehead atoms. The molecule has 156 valence electrons. The minimum Gasteiger partial charge on any atom is -0.491 e. The molecular weight excluding hydrogens is 370 g/mol. The van der Waals surface area contributed by atoms with Gasteiger partial charge >= 0.3 is 0 Å². The fourth-order valence-electron chi connectivity index (χ4n) is 2.34. The molecule has 7 heteroatoms. The third-order valence-electron chi connectivity index (χ3n) is 3.97. The van der Waals surface area contributed by atoms with E-state index in [1.54, 1.807) is 36.4 Å². The molecule has 0 atom stereocenters. The summed E-state index contributed by atoms with van der Waals surface area (Å²) in [7, 11) is 0. The average molecular weight is 399 g/mol. The molecule has 2 aromatic carbocycles. The summed E-state index contributed by atoms with van der Waals surface area (Å²) < 4.78 is 10.8. The predicted octanol–water partition coefficient (Wildman–Crippen LogP) is 3.75. The van der Waals surface area contributed by atoms with E-state index in [0.29, 0.717) is 25.5 Å². The maximum absolute atomic E-state index is 12.1. The molecule has 0 radical (unpaired) electrons. The molecule has 2 rings (SSSR count). The minimum atomic E-state index is -0.160. The molecule has 2 amide bonds. The van der Waals surface area contributed by atoms with Gasteiger partial charge in [0.15, 0.2) is 0 Å². The van der Waals surface area contributed by atoms with Crippen LogP contribution in [0.25, 0.3) is 0 Å². The maximum Gasteiger partial charge on any atom is 0.243 e. The first-order valence-electron chi connectivity index (χ1n) is 9.73. The van der Waals surface area contributed by atoms with Gasteiger partial charge in [0.1, 0.15) is 12.4 Å². The van der Waals surface area contributed by atoms with Gasteiger partial charge in [-0.3, -0.25) is 9.59 Å². The minimum absolute atomic E-state index is 0.0317. The first-order valence-corrected chi connectivity index (χ1v) is 9.73. The molecule has 0 spiro atoms. The Kier molecular flexibility index (Phi) is 8.98. The smallest absolute Gasteiger partial charge is 0.243 e. The van der Waals surface area contributed by atoms with Gasteiger partial charge in [0, 0.05) is 29.6 Å². The van der Waals surface area contributed by atoms with Crippen LogP contribution in [-0.4, -0.2) is 38.2 Å². The van der Waals surface area contributed by atoms with Gasteiger partial charge in [-0.1, -0.05) is 13.8 Å². The van der Waals surface area contributed by atoms with Crippen molar-refractivity contribution in [3.8, 4) is 5.75 Å². The van der Waals surface area contributed by atoms with Crippen LogP contribution < -0.4 is 20.7 Å². The number of hydrogen-bond donors (Lipinski definition) is 3. The molecular formula is C22H29N3O4. The van der Waals surface area contributed by atoms with E-state index >= 15 is 0 Å². The van der Waals surface area contributed by atoms with Gasteiger partial charge in [-0.15, -0.1) is 0 Å². The van der Waals surface area contributed by atoms with Crippen molar-refractivity contribution in [2.75, 3.05) is 42.3 Å². The molecule has 0 aromatic heterocycles. The highest BCUT2D eigenvalue weighted by Gasteiger charge is 2.07. The Morgan fingerprint density at radius 1 is 0.862 bits per heavy atom. The van der Waals surface area contributed by atoms with Crippen molar-refractivity contribution in [3.63, 3.8) is 0 Å². The first-order chi connectivity index (χ1) is 14.0. The number of hydrogen-bond acceptors (Lipinski definition) is 5. The molecule has 7 nitrogen and oxygen atoms in total. The number of benzene rings is 2. The molecule has 3 N–H and O–H groups in total. The lowest BCUT2D eigenvalue weighted by Gasteiger charge is -2.11. The second-order valence-electron chi connectivity index (χ2n) is 6.69. The van der Waals surface area contributed by atoms with Crippen molar-refractivity contribution >= 4 is 28.9 Å². The Balaban J connectivity index is 1.74. The Morgan fingerprint density at radius 2 is 1.45 bits per heavy atom. The summed E-state index contributed by atoms with van der Waals surface area (Å²) in [6.07, 6.45) is 0. The summed E-state index contributed by atoms with van der Waals surface area (Å²) >= 11 is 0. The van der Waals surface area contributed by atoms with E-state index < -0.39 is 0 Å². The third kappa shape index (κ3) is 8.23. The normalized spacial score (nSPS) is 10.5. The molecule has 0 aliphatic carbocycles.